The molecule has 0 saturated heterocycles. The molecule has 1 saturated carbocycles. The predicted octanol–water partition coefficient (Wildman–Crippen LogP) is 0.485. The minimum absolute atomic E-state index is 0.227. The molecule has 4 N–H and O–H groups in total. The third kappa shape index (κ3) is 2.52. The van der Waals surface area contributed by atoms with E-state index < -0.39 is 11.5 Å². The second-order valence-corrected chi connectivity index (χ2v) is 4.42. The van der Waals surface area contributed by atoms with Gasteiger partial charge in [-0.1, -0.05) is 19.8 Å². The van der Waals surface area contributed by atoms with Crippen molar-refractivity contribution in [2.45, 2.75) is 44.6 Å². The summed E-state index contributed by atoms with van der Waals surface area (Å²) in [7, 11) is 0. The van der Waals surface area contributed by atoms with Crippen LogP contribution in [0, 0.1) is 5.92 Å². The molecule has 1 rings (SSSR count). The molecule has 0 spiro atoms. The summed E-state index contributed by atoms with van der Waals surface area (Å²) in [6, 6.07) is 0. The van der Waals surface area contributed by atoms with Crippen LogP contribution in [0.1, 0.15) is 39.0 Å². The van der Waals surface area contributed by atoms with Crippen LogP contribution in [-0.4, -0.2) is 29.1 Å². The van der Waals surface area contributed by atoms with Gasteiger partial charge in [-0.25, -0.2) is 4.79 Å². The highest BCUT2D eigenvalue weighted by atomic mass is 16.4. The standard InChI is InChI=1S/C11H20N2O3/c1-2-8(7-12)9(14)13-11(10(15)16)5-3-4-6-11/h8H,2-7,12H2,1H3,(H,13,14)(H,15,16). The van der Waals surface area contributed by atoms with Crippen LogP contribution in [-0.2, 0) is 9.59 Å². The number of carbonyl (C=O) groups is 2. The highest BCUT2D eigenvalue weighted by Crippen LogP contribution is 2.30. The van der Waals surface area contributed by atoms with Crippen molar-refractivity contribution in [2.75, 3.05) is 6.54 Å². The lowest BCUT2D eigenvalue weighted by atomic mass is 9.95. The summed E-state index contributed by atoms with van der Waals surface area (Å²) in [5, 5.41) is 11.9. The summed E-state index contributed by atoms with van der Waals surface area (Å²) >= 11 is 0. The molecule has 0 aliphatic heterocycles. The van der Waals surface area contributed by atoms with E-state index >= 15 is 0 Å². The number of rotatable bonds is 5. The number of hydrogen-bond donors (Lipinski definition) is 3. The first-order chi connectivity index (χ1) is 7.55. The summed E-state index contributed by atoms with van der Waals surface area (Å²) in [5.41, 5.74) is 4.43. The quantitative estimate of drug-likeness (QED) is 0.638. The van der Waals surface area contributed by atoms with Crippen LogP contribution in [0.5, 0.6) is 0 Å². The van der Waals surface area contributed by atoms with Crippen LogP contribution in [0.25, 0.3) is 0 Å². The Kier molecular flexibility index (Phi) is 4.29. The number of amides is 1. The first-order valence-electron chi connectivity index (χ1n) is 5.81. The smallest absolute Gasteiger partial charge is 0.329 e. The monoisotopic (exact) mass is 228 g/mol. The van der Waals surface area contributed by atoms with E-state index in [-0.39, 0.29) is 18.4 Å². The first-order valence-corrected chi connectivity index (χ1v) is 5.81. The van der Waals surface area contributed by atoms with E-state index in [1.807, 2.05) is 6.92 Å². The molecule has 0 bridgehead atoms. The Morgan fingerprint density at radius 2 is 2.00 bits per heavy atom. The molecule has 1 unspecified atom stereocenters. The van der Waals surface area contributed by atoms with E-state index in [0.717, 1.165) is 12.8 Å². The van der Waals surface area contributed by atoms with E-state index in [0.29, 0.717) is 19.3 Å². The van der Waals surface area contributed by atoms with Crippen LogP contribution < -0.4 is 11.1 Å². The Labute approximate surface area is 95.4 Å². The van der Waals surface area contributed by atoms with Gasteiger partial charge in [-0.2, -0.15) is 0 Å². The fourth-order valence-corrected chi connectivity index (χ4v) is 2.17. The van der Waals surface area contributed by atoms with Crippen LogP contribution >= 0.6 is 0 Å². The van der Waals surface area contributed by atoms with E-state index in [2.05, 4.69) is 5.32 Å². The normalized spacial score (nSPS) is 20.4. The average Bonchev–Trinajstić information content (AvgIpc) is 2.69. The molecule has 16 heavy (non-hydrogen) atoms. The van der Waals surface area contributed by atoms with Crippen molar-refractivity contribution in [3.05, 3.63) is 0 Å². The zero-order valence-corrected chi connectivity index (χ0v) is 9.66. The van der Waals surface area contributed by atoms with Gasteiger partial charge in [-0.3, -0.25) is 4.79 Å². The summed E-state index contributed by atoms with van der Waals surface area (Å²) in [5.74, 6) is -1.43. The average molecular weight is 228 g/mol. The summed E-state index contributed by atoms with van der Waals surface area (Å²) < 4.78 is 0. The number of hydrogen-bond acceptors (Lipinski definition) is 3. The van der Waals surface area contributed by atoms with Crippen molar-refractivity contribution in [1.29, 1.82) is 0 Å². The van der Waals surface area contributed by atoms with Gasteiger partial charge in [0.2, 0.25) is 5.91 Å². The second kappa shape index (κ2) is 5.30. The van der Waals surface area contributed by atoms with Gasteiger partial charge in [0.25, 0.3) is 0 Å². The van der Waals surface area contributed by atoms with Gasteiger partial charge in [-0.15, -0.1) is 0 Å². The molecule has 1 fully saturated rings. The molecule has 1 atom stereocenters. The number of carbonyl (C=O) groups excluding carboxylic acids is 1. The van der Waals surface area contributed by atoms with Gasteiger partial charge in [0, 0.05) is 12.5 Å². The van der Waals surface area contributed by atoms with E-state index in [9.17, 15) is 14.7 Å². The van der Waals surface area contributed by atoms with Gasteiger partial charge >= 0.3 is 5.97 Å². The lowest BCUT2D eigenvalue weighted by Crippen LogP contribution is -2.54. The Morgan fingerprint density at radius 3 is 2.38 bits per heavy atom. The van der Waals surface area contributed by atoms with Crippen molar-refractivity contribution in [3.8, 4) is 0 Å². The van der Waals surface area contributed by atoms with Gasteiger partial charge in [0.1, 0.15) is 5.54 Å². The highest BCUT2D eigenvalue weighted by molar-refractivity contribution is 5.88. The summed E-state index contributed by atoms with van der Waals surface area (Å²) in [6.45, 7) is 2.14. The molecular formula is C11H20N2O3. The maximum atomic E-state index is 11.8. The zero-order chi connectivity index (χ0) is 12.2. The van der Waals surface area contributed by atoms with Gasteiger partial charge in [-0.05, 0) is 19.3 Å². The molecule has 0 radical (unpaired) electrons. The zero-order valence-electron chi connectivity index (χ0n) is 9.66. The third-order valence-electron chi connectivity index (χ3n) is 3.38. The maximum absolute atomic E-state index is 11.8. The number of carboxylic acid groups (broad SMARTS) is 1. The molecular weight excluding hydrogens is 208 g/mol. The fraction of sp³-hybridized carbons (Fsp3) is 0.818. The maximum Gasteiger partial charge on any atom is 0.329 e. The lowest BCUT2D eigenvalue weighted by molar-refractivity contribution is -0.148. The largest absolute Gasteiger partial charge is 0.480 e. The Bertz CT molecular complexity index is 268. The summed E-state index contributed by atoms with van der Waals surface area (Å²) in [6.07, 6.45) is 3.39. The second-order valence-electron chi connectivity index (χ2n) is 4.42. The van der Waals surface area contributed by atoms with Gasteiger partial charge < -0.3 is 16.2 Å². The van der Waals surface area contributed by atoms with Crippen molar-refractivity contribution in [3.63, 3.8) is 0 Å². The molecule has 5 heteroatoms. The van der Waals surface area contributed by atoms with E-state index in [4.69, 9.17) is 5.73 Å². The molecule has 0 aromatic rings. The van der Waals surface area contributed by atoms with Crippen molar-refractivity contribution in [2.24, 2.45) is 11.7 Å². The first kappa shape index (κ1) is 13.0. The molecule has 1 amide bonds. The van der Waals surface area contributed by atoms with E-state index in [1.54, 1.807) is 0 Å². The highest BCUT2D eigenvalue weighted by Gasteiger charge is 2.43. The molecule has 1 aliphatic carbocycles. The van der Waals surface area contributed by atoms with Crippen LogP contribution in [0.3, 0.4) is 0 Å². The minimum Gasteiger partial charge on any atom is -0.480 e. The van der Waals surface area contributed by atoms with Crippen LogP contribution in [0.2, 0.25) is 0 Å². The number of aliphatic carboxylic acids is 1. The fourth-order valence-electron chi connectivity index (χ4n) is 2.17. The van der Waals surface area contributed by atoms with Gasteiger partial charge in [0.05, 0.1) is 0 Å². The van der Waals surface area contributed by atoms with Crippen molar-refractivity contribution >= 4 is 11.9 Å². The molecule has 92 valence electrons. The topological polar surface area (TPSA) is 92.4 Å². The SMILES string of the molecule is CCC(CN)C(=O)NC1(C(=O)O)CCCC1. The van der Waals surface area contributed by atoms with Crippen molar-refractivity contribution < 1.29 is 14.7 Å². The number of nitrogens with two attached hydrogens (primary N) is 1. The number of nitrogens with one attached hydrogen (secondary N) is 1. The molecule has 0 heterocycles. The predicted molar refractivity (Wildman–Crippen MR) is 59.8 cm³/mol. The van der Waals surface area contributed by atoms with E-state index in [1.165, 1.54) is 0 Å². The van der Waals surface area contributed by atoms with Crippen LogP contribution in [0.15, 0.2) is 0 Å². The Hall–Kier alpha value is -1.10. The molecule has 1 aliphatic rings. The van der Waals surface area contributed by atoms with Crippen molar-refractivity contribution in [1.82, 2.24) is 5.32 Å². The Morgan fingerprint density at radius 1 is 1.44 bits per heavy atom. The third-order valence-corrected chi connectivity index (χ3v) is 3.38. The molecule has 0 aromatic heterocycles. The summed E-state index contributed by atoms with van der Waals surface area (Å²) in [4.78, 5) is 23.0. The molecule has 0 aromatic carbocycles. The van der Waals surface area contributed by atoms with Gasteiger partial charge in [0.15, 0.2) is 0 Å². The molecule has 5 nitrogen and oxygen atoms in total. The number of carboxylic acids is 1. The minimum atomic E-state index is -1.04. The van der Waals surface area contributed by atoms with Crippen LogP contribution in [0.4, 0.5) is 0 Å². The Balaban J connectivity index is 2.69. The lowest BCUT2D eigenvalue weighted by Gasteiger charge is -2.27.